The molecular formula is C13H11N7O. The number of nitrogens with zero attached hydrogens (tertiary/aromatic N) is 4. The van der Waals surface area contributed by atoms with Crippen molar-refractivity contribution in [2.75, 3.05) is 12.4 Å². The molecule has 0 radical (unpaired) electrons. The Labute approximate surface area is 119 Å². The molecule has 0 bridgehead atoms. The summed E-state index contributed by atoms with van der Waals surface area (Å²) in [7, 11) is 1.60. The average molecular weight is 281 g/mol. The summed E-state index contributed by atoms with van der Waals surface area (Å²) in [4.78, 5) is 3.14. The lowest BCUT2D eigenvalue weighted by molar-refractivity contribution is 0.415. The zero-order chi connectivity index (χ0) is 14.7. The lowest BCUT2D eigenvalue weighted by atomic mass is 10.2. The molecule has 0 saturated heterocycles. The summed E-state index contributed by atoms with van der Waals surface area (Å²) in [6.45, 7) is 0. The number of H-pyrrole nitrogens is 2. The normalized spacial score (nSPS) is 11.3. The molecule has 0 saturated carbocycles. The van der Waals surface area contributed by atoms with Crippen LogP contribution < -0.4 is 10.1 Å². The monoisotopic (exact) mass is 281 g/mol. The molecule has 21 heavy (non-hydrogen) atoms. The smallest absolute Gasteiger partial charge is 0.216 e. The number of hydrogen-bond acceptors (Lipinski definition) is 6. The van der Waals surface area contributed by atoms with Crippen molar-refractivity contribution in [3.8, 4) is 11.8 Å². The number of aromatic amines is 2. The number of aromatic nitrogens is 5. The van der Waals surface area contributed by atoms with E-state index < -0.39 is 0 Å². The van der Waals surface area contributed by atoms with Gasteiger partial charge in [0, 0.05) is 23.8 Å². The molecule has 8 heteroatoms. The van der Waals surface area contributed by atoms with Crippen LogP contribution in [0.3, 0.4) is 0 Å². The van der Waals surface area contributed by atoms with Crippen molar-refractivity contribution >= 4 is 22.2 Å². The minimum atomic E-state index is 0.232. The van der Waals surface area contributed by atoms with Crippen molar-refractivity contribution in [1.82, 2.24) is 25.6 Å². The Morgan fingerprint density at radius 3 is 3.10 bits per heavy atom. The minimum absolute atomic E-state index is 0.232. The van der Waals surface area contributed by atoms with Crippen LogP contribution >= 0.6 is 0 Å². The van der Waals surface area contributed by atoms with Gasteiger partial charge >= 0.3 is 0 Å². The van der Waals surface area contributed by atoms with Crippen LogP contribution in [0, 0.1) is 11.3 Å². The highest BCUT2D eigenvalue weighted by Crippen LogP contribution is 2.28. The van der Waals surface area contributed by atoms with E-state index in [1.165, 1.54) is 6.20 Å². The molecule has 3 aromatic rings. The number of tetrazole rings is 1. The van der Waals surface area contributed by atoms with Crippen molar-refractivity contribution < 1.29 is 4.74 Å². The van der Waals surface area contributed by atoms with Crippen LogP contribution in [-0.4, -0.2) is 32.7 Å². The first-order valence-electron chi connectivity index (χ1n) is 6.07. The third-order valence-corrected chi connectivity index (χ3v) is 2.95. The van der Waals surface area contributed by atoms with Crippen LogP contribution in [0.5, 0.6) is 5.75 Å². The van der Waals surface area contributed by atoms with Crippen LogP contribution in [-0.2, 0) is 0 Å². The molecule has 2 aromatic heterocycles. The third-order valence-electron chi connectivity index (χ3n) is 2.95. The van der Waals surface area contributed by atoms with Crippen LogP contribution in [0.15, 0.2) is 30.6 Å². The highest BCUT2D eigenvalue weighted by Gasteiger charge is 2.08. The fourth-order valence-electron chi connectivity index (χ4n) is 1.95. The summed E-state index contributed by atoms with van der Waals surface area (Å²) in [5.41, 5.74) is 1.97. The number of anilines is 1. The number of benzene rings is 1. The number of allylic oxidation sites excluding steroid dienone is 1. The number of nitriles is 1. The Hall–Kier alpha value is -3.34. The summed E-state index contributed by atoms with van der Waals surface area (Å²) >= 11 is 0. The molecule has 0 aliphatic carbocycles. The molecule has 0 atom stereocenters. The molecule has 0 amide bonds. The highest BCUT2D eigenvalue weighted by molar-refractivity contribution is 5.93. The van der Waals surface area contributed by atoms with Crippen LogP contribution in [0.25, 0.3) is 16.5 Å². The maximum Gasteiger partial charge on any atom is 0.216 e. The molecule has 0 spiro atoms. The second-order valence-electron chi connectivity index (χ2n) is 4.17. The Bertz CT molecular complexity index is 826. The van der Waals surface area contributed by atoms with Gasteiger partial charge in [-0.15, -0.1) is 10.2 Å². The molecular weight excluding hydrogens is 270 g/mol. The summed E-state index contributed by atoms with van der Waals surface area (Å²) in [5.74, 6) is 0.951. The molecule has 3 rings (SSSR count). The summed E-state index contributed by atoms with van der Waals surface area (Å²) < 4.78 is 5.26. The average Bonchev–Trinajstić information content (AvgIpc) is 3.18. The fourth-order valence-corrected chi connectivity index (χ4v) is 1.95. The first-order valence-corrected chi connectivity index (χ1v) is 6.07. The van der Waals surface area contributed by atoms with Gasteiger partial charge in [0.1, 0.15) is 17.4 Å². The van der Waals surface area contributed by atoms with Crippen LogP contribution in [0.1, 0.15) is 5.82 Å². The number of ether oxygens (including phenoxy) is 1. The van der Waals surface area contributed by atoms with Gasteiger partial charge in [-0.3, -0.25) is 0 Å². The Balaban J connectivity index is 1.98. The Morgan fingerprint density at radius 1 is 1.48 bits per heavy atom. The number of rotatable bonds is 4. The van der Waals surface area contributed by atoms with E-state index in [0.29, 0.717) is 0 Å². The zero-order valence-electron chi connectivity index (χ0n) is 11.1. The number of nitrogens with one attached hydrogen (secondary N) is 3. The number of methoxy groups -OCH3 is 1. The Kier molecular flexibility index (Phi) is 3.22. The van der Waals surface area contributed by atoms with Gasteiger partial charge in [-0.25, -0.2) is 0 Å². The lowest BCUT2D eigenvalue weighted by Crippen LogP contribution is -1.95. The van der Waals surface area contributed by atoms with E-state index in [4.69, 9.17) is 10.00 Å². The fraction of sp³-hybridized carbons (Fsp3) is 0.0769. The predicted octanol–water partition coefficient (Wildman–Crippen LogP) is 1.67. The highest BCUT2D eigenvalue weighted by atomic mass is 16.5. The molecule has 104 valence electrons. The first-order chi connectivity index (χ1) is 10.3. The summed E-state index contributed by atoms with van der Waals surface area (Å²) in [5, 5.41) is 26.5. The van der Waals surface area contributed by atoms with Gasteiger partial charge in [0.25, 0.3) is 0 Å². The molecule has 0 aliphatic heterocycles. The maximum atomic E-state index is 9.14. The van der Waals surface area contributed by atoms with Crippen molar-refractivity contribution in [3.63, 3.8) is 0 Å². The van der Waals surface area contributed by atoms with E-state index in [0.717, 1.165) is 22.3 Å². The van der Waals surface area contributed by atoms with Crippen molar-refractivity contribution in [1.29, 1.82) is 5.26 Å². The predicted molar refractivity (Wildman–Crippen MR) is 76.2 cm³/mol. The van der Waals surface area contributed by atoms with Gasteiger partial charge in [0.05, 0.1) is 18.3 Å². The molecule has 8 nitrogen and oxygen atoms in total. The maximum absolute atomic E-state index is 9.14. The minimum Gasteiger partial charge on any atom is -0.497 e. The van der Waals surface area contributed by atoms with E-state index in [2.05, 4.69) is 30.9 Å². The van der Waals surface area contributed by atoms with Gasteiger partial charge in [-0.1, -0.05) is 0 Å². The number of hydrogen-bond donors (Lipinski definition) is 3. The van der Waals surface area contributed by atoms with Crippen molar-refractivity contribution in [2.24, 2.45) is 0 Å². The lowest BCUT2D eigenvalue weighted by Gasteiger charge is -2.07. The van der Waals surface area contributed by atoms with Crippen molar-refractivity contribution in [3.05, 3.63) is 36.4 Å². The van der Waals surface area contributed by atoms with E-state index in [1.807, 2.05) is 30.5 Å². The third kappa shape index (κ3) is 2.40. The van der Waals surface area contributed by atoms with E-state index in [9.17, 15) is 0 Å². The summed E-state index contributed by atoms with van der Waals surface area (Å²) in [6.07, 6.45) is 3.36. The van der Waals surface area contributed by atoms with Gasteiger partial charge < -0.3 is 15.0 Å². The van der Waals surface area contributed by atoms with Crippen molar-refractivity contribution in [2.45, 2.75) is 0 Å². The van der Waals surface area contributed by atoms with Gasteiger partial charge in [-0.05, 0) is 17.3 Å². The molecule has 0 unspecified atom stereocenters. The van der Waals surface area contributed by atoms with E-state index in [1.54, 1.807) is 7.11 Å². The molecule has 1 aromatic carbocycles. The first kappa shape index (κ1) is 12.7. The molecule has 0 aliphatic rings. The topological polar surface area (TPSA) is 115 Å². The standard InChI is InChI=1S/C13H11N7O/c1-21-10-4-8-2-3-15-12(8)11(5-10)16-7-9(6-14)13-17-19-20-18-13/h2-5,7,15-16H,1H3,(H,17,18,19,20). The van der Waals surface area contributed by atoms with Gasteiger partial charge in [0.15, 0.2) is 0 Å². The van der Waals surface area contributed by atoms with E-state index in [-0.39, 0.29) is 11.4 Å². The zero-order valence-corrected chi connectivity index (χ0v) is 11.1. The molecule has 2 heterocycles. The van der Waals surface area contributed by atoms with E-state index >= 15 is 0 Å². The quantitative estimate of drug-likeness (QED) is 0.626. The second-order valence-corrected chi connectivity index (χ2v) is 4.17. The van der Waals surface area contributed by atoms with Crippen LogP contribution in [0.4, 0.5) is 5.69 Å². The second kappa shape index (κ2) is 5.34. The Morgan fingerprint density at radius 2 is 2.38 bits per heavy atom. The SMILES string of the molecule is COc1cc(NC=C(C#N)c2nn[nH]n2)c2[nH]ccc2c1. The summed E-state index contributed by atoms with van der Waals surface area (Å²) in [6, 6.07) is 7.71. The molecule has 0 fully saturated rings. The largest absolute Gasteiger partial charge is 0.497 e. The van der Waals surface area contributed by atoms with Gasteiger partial charge in [-0.2, -0.15) is 10.5 Å². The van der Waals surface area contributed by atoms with Gasteiger partial charge in [0.2, 0.25) is 5.82 Å². The van der Waals surface area contributed by atoms with Crippen LogP contribution in [0.2, 0.25) is 0 Å². The molecule has 3 N–H and O–H groups in total. The number of fused-ring (bicyclic) bond motifs is 1.